The molecular formula is C15H22FNS. The van der Waals surface area contributed by atoms with E-state index in [2.05, 4.69) is 6.92 Å². The van der Waals surface area contributed by atoms with Gasteiger partial charge in [-0.3, -0.25) is 0 Å². The third-order valence-corrected chi connectivity index (χ3v) is 5.08. The van der Waals surface area contributed by atoms with Crippen molar-refractivity contribution < 1.29 is 4.39 Å². The summed E-state index contributed by atoms with van der Waals surface area (Å²) in [5.74, 6) is 2.31. The zero-order chi connectivity index (χ0) is 13.0. The fourth-order valence-electron chi connectivity index (χ4n) is 2.57. The van der Waals surface area contributed by atoms with Gasteiger partial charge in [0, 0.05) is 16.7 Å². The van der Waals surface area contributed by atoms with Crippen molar-refractivity contribution >= 4 is 11.8 Å². The summed E-state index contributed by atoms with van der Waals surface area (Å²) in [7, 11) is 0. The van der Waals surface area contributed by atoms with E-state index in [1.54, 1.807) is 11.8 Å². The maximum absolute atomic E-state index is 12.8. The Morgan fingerprint density at radius 1 is 1.22 bits per heavy atom. The van der Waals surface area contributed by atoms with Crippen LogP contribution in [0.4, 0.5) is 4.39 Å². The van der Waals surface area contributed by atoms with Crippen LogP contribution in [-0.4, -0.2) is 11.8 Å². The predicted octanol–water partition coefficient (Wildman–Crippen LogP) is 4.07. The van der Waals surface area contributed by atoms with Gasteiger partial charge in [0.15, 0.2) is 0 Å². The van der Waals surface area contributed by atoms with Crippen LogP contribution in [0.25, 0.3) is 0 Å². The van der Waals surface area contributed by atoms with Crippen molar-refractivity contribution in [2.75, 3.05) is 5.75 Å². The second-order valence-corrected chi connectivity index (χ2v) is 6.54. The van der Waals surface area contributed by atoms with Gasteiger partial charge in [0.1, 0.15) is 5.82 Å². The van der Waals surface area contributed by atoms with Crippen molar-refractivity contribution in [3.63, 3.8) is 0 Å². The maximum Gasteiger partial charge on any atom is 0.123 e. The second kappa shape index (κ2) is 6.58. The van der Waals surface area contributed by atoms with Crippen LogP contribution < -0.4 is 5.73 Å². The molecule has 100 valence electrons. The Balaban J connectivity index is 1.77. The molecule has 18 heavy (non-hydrogen) atoms. The number of rotatable bonds is 4. The van der Waals surface area contributed by atoms with Crippen LogP contribution in [-0.2, 0) is 0 Å². The standard InChI is InChI=1S/C15H22FNS/c1-11-2-4-12(5-3-11)15(17)10-18-14-8-6-13(16)7-9-14/h6-9,11-12,15H,2-5,10,17H2,1H3. The van der Waals surface area contributed by atoms with Gasteiger partial charge in [-0.25, -0.2) is 4.39 Å². The molecule has 1 aliphatic carbocycles. The van der Waals surface area contributed by atoms with E-state index in [1.807, 2.05) is 12.1 Å². The molecule has 0 radical (unpaired) electrons. The normalized spacial score (nSPS) is 25.9. The Labute approximate surface area is 113 Å². The van der Waals surface area contributed by atoms with Crippen molar-refractivity contribution in [1.82, 2.24) is 0 Å². The number of hydrogen-bond acceptors (Lipinski definition) is 2. The Kier molecular flexibility index (Phi) is 5.07. The smallest absolute Gasteiger partial charge is 0.123 e. The molecule has 0 bridgehead atoms. The van der Waals surface area contributed by atoms with Crippen molar-refractivity contribution in [3.05, 3.63) is 30.1 Å². The van der Waals surface area contributed by atoms with Crippen LogP contribution >= 0.6 is 11.8 Å². The minimum Gasteiger partial charge on any atom is -0.327 e. The lowest BCUT2D eigenvalue weighted by Crippen LogP contribution is -2.34. The molecule has 2 N–H and O–H groups in total. The highest BCUT2D eigenvalue weighted by Gasteiger charge is 2.23. The van der Waals surface area contributed by atoms with Gasteiger partial charge < -0.3 is 5.73 Å². The zero-order valence-corrected chi connectivity index (χ0v) is 11.8. The molecule has 1 atom stereocenters. The first kappa shape index (κ1) is 13.9. The van der Waals surface area contributed by atoms with Crippen LogP contribution in [0.2, 0.25) is 0 Å². The largest absolute Gasteiger partial charge is 0.327 e. The molecular weight excluding hydrogens is 245 g/mol. The second-order valence-electron chi connectivity index (χ2n) is 5.45. The molecule has 1 aromatic rings. The number of hydrogen-bond donors (Lipinski definition) is 1. The van der Waals surface area contributed by atoms with E-state index >= 15 is 0 Å². The molecule has 0 aromatic heterocycles. The molecule has 3 heteroatoms. The van der Waals surface area contributed by atoms with Gasteiger partial charge in [0.25, 0.3) is 0 Å². The molecule has 1 fully saturated rings. The molecule has 0 saturated heterocycles. The van der Waals surface area contributed by atoms with Gasteiger partial charge in [-0.1, -0.05) is 19.8 Å². The lowest BCUT2D eigenvalue weighted by atomic mass is 9.80. The lowest BCUT2D eigenvalue weighted by molar-refractivity contribution is 0.264. The predicted molar refractivity (Wildman–Crippen MR) is 76.2 cm³/mol. The van der Waals surface area contributed by atoms with Gasteiger partial charge in [-0.05, 0) is 48.9 Å². The van der Waals surface area contributed by atoms with E-state index in [-0.39, 0.29) is 11.9 Å². The SMILES string of the molecule is CC1CCC(C(N)CSc2ccc(F)cc2)CC1. The molecule has 1 nitrogen and oxygen atoms in total. The van der Waals surface area contributed by atoms with Gasteiger partial charge >= 0.3 is 0 Å². The Hall–Kier alpha value is -0.540. The minimum atomic E-state index is -0.176. The first-order valence-corrected chi connectivity index (χ1v) is 7.77. The van der Waals surface area contributed by atoms with Crippen molar-refractivity contribution in [3.8, 4) is 0 Å². The summed E-state index contributed by atoms with van der Waals surface area (Å²) < 4.78 is 12.8. The summed E-state index contributed by atoms with van der Waals surface area (Å²) in [5.41, 5.74) is 6.28. The molecule has 0 heterocycles. The van der Waals surface area contributed by atoms with Crippen LogP contribution in [0.1, 0.15) is 32.6 Å². The van der Waals surface area contributed by atoms with Crippen LogP contribution in [0, 0.1) is 17.7 Å². The average molecular weight is 267 g/mol. The summed E-state index contributed by atoms with van der Waals surface area (Å²) in [6.07, 6.45) is 5.18. The Morgan fingerprint density at radius 2 is 1.83 bits per heavy atom. The first-order chi connectivity index (χ1) is 8.65. The Morgan fingerprint density at radius 3 is 2.44 bits per heavy atom. The van der Waals surface area contributed by atoms with Crippen LogP contribution in [0.15, 0.2) is 29.2 Å². The highest BCUT2D eigenvalue weighted by atomic mass is 32.2. The quantitative estimate of drug-likeness (QED) is 0.832. The topological polar surface area (TPSA) is 26.0 Å². The number of nitrogens with two attached hydrogens (primary N) is 1. The fraction of sp³-hybridized carbons (Fsp3) is 0.600. The molecule has 1 saturated carbocycles. The molecule has 2 rings (SSSR count). The van der Waals surface area contributed by atoms with Crippen LogP contribution in [0.5, 0.6) is 0 Å². The van der Waals surface area contributed by atoms with Crippen molar-refractivity contribution in [2.45, 2.75) is 43.5 Å². The summed E-state index contributed by atoms with van der Waals surface area (Å²) in [6.45, 7) is 2.33. The summed E-state index contributed by atoms with van der Waals surface area (Å²) in [6, 6.07) is 6.95. The zero-order valence-electron chi connectivity index (χ0n) is 10.9. The van der Waals surface area contributed by atoms with E-state index in [0.717, 1.165) is 16.6 Å². The average Bonchev–Trinajstić information content (AvgIpc) is 2.38. The third-order valence-electron chi connectivity index (χ3n) is 3.92. The minimum absolute atomic E-state index is 0.176. The van der Waals surface area contributed by atoms with E-state index in [0.29, 0.717) is 5.92 Å². The Bertz CT molecular complexity index is 357. The highest BCUT2D eigenvalue weighted by molar-refractivity contribution is 7.99. The fourth-order valence-corrected chi connectivity index (χ4v) is 3.56. The number of benzene rings is 1. The van der Waals surface area contributed by atoms with Crippen molar-refractivity contribution in [2.24, 2.45) is 17.6 Å². The highest BCUT2D eigenvalue weighted by Crippen LogP contribution is 2.31. The van der Waals surface area contributed by atoms with E-state index in [1.165, 1.54) is 37.8 Å². The lowest BCUT2D eigenvalue weighted by Gasteiger charge is -2.30. The molecule has 0 aliphatic heterocycles. The molecule has 1 unspecified atom stereocenters. The summed E-state index contributed by atoms with van der Waals surface area (Å²) >= 11 is 1.74. The van der Waals surface area contributed by atoms with Gasteiger partial charge in [-0.15, -0.1) is 11.8 Å². The van der Waals surface area contributed by atoms with Gasteiger partial charge in [0.2, 0.25) is 0 Å². The van der Waals surface area contributed by atoms with Gasteiger partial charge in [-0.2, -0.15) is 0 Å². The maximum atomic E-state index is 12.8. The summed E-state index contributed by atoms with van der Waals surface area (Å²) in [5, 5.41) is 0. The number of halogens is 1. The summed E-state index contributed by atoms with van der Waals surface area (Å²) in [4.78, 5) is 1.11. The molecule has 1 aliphatic rings. The van der Waals surface area contributed by atoms with E-state index in [4.69, 9.17) is 5.73 Å². The van der Waals surface area contributed by atoms with E-state index in [9.17, 15) is 4.39 Å². The third kappa shape index (κ3) is 3.99. The first-order valence-electron chi connectivity index (χ1n) is 6.79. The number of thioether (sulfide) groups is 1. The van der Waals surface area contributed by atoms with Gasteiger partial charge in [0.05, 0.1) is 0 Å². The molecule has 0 spiro atoms. The van der Waals surface area contributed by atoms with Crippen molar-refractivity contribution in [1.29, 1.82) is 0 Å². The molecule has 0 amide bonds. The molecule has 1 aromatic carbocycles. The van der Waals surface area contributed by atoms with Crippen LogP contribution in [0.3, 0.4) is 0 Å². The monoisotopic (exact) mass is 267 g/mol. The van der Waals surface area contributed by atoms with E-state index < -0.39 is 0 Å².